The Balaban J connectivity index is 1.36. The summed E-state index contributed by atoms with van der Waals surface area (Å²) >= 11 is 0. The second-order valence-corrected chi connectivity index (χ2v) is 8.02. The van der Waals surface area contributed by atoms with Gasteiger partial charge in [0.15, 0.2) is 17.3 Å². The molecule has 4 unspecified atom stereocenters. The molecule has 0 spiro atoms. The molecule has 2 aliphatic carbocycles. The van der Waals surface area contributed by atoms with E-state index in [1.807, 2.05) is 36.4 Å². The summed E-state index contributed by atoms with van der Waals surface area (Å²) in [6, 6.07) is 13.2. The van der Waals surface area contributed by atoms with Crippen molar-refractivity contribution in [1.29, 1.82) is 0 Å². The normalized spacial score (nSPS) is 25.6. The lowest BCUT2D eigenvalue weighted by Gasteiger charge is -2.27. The number of aryl methyl sites for hydroxylation is 1. The van der Waals surface area contributed by atoms with Gasteiger partial charge in [0.25, 0.3) is 0 Å². The quantitative estimate of drug-likeness (QED) is 0.729. The van der Waals surface area contributed by atoms with Gasteiger partial charge in [-0.15, -0.1) is 0 Å². The zero-order chi connectivity index (χ0) is 21.1. The van der Waals surface area contributed by atoms with Crippen molar-refractivity contribution in [2.45, 2.75) is 43.9 Å². The molecule has 4 rings (SSSR count). The molecule has 2 N–H and O–H groups in total. The van der Waals surface area contributed by atoms with E-state index in [0.717, 1.165) is 37.0 Å². The number of benzene rings is 2. The van der Waals surface area contributed by atoms with E-state index in [0.29, 0.717) is 23.6 Å². The number of fused-ring (bicyclic) bond motifs is 1. The molecule has 2 aliphatic rings. The lowest BCUT2D eigenvalue weighted by Crippen LogP contribution is -2.44. The number of ether oxygens (including phenoxy) is 3. The molecule has 1 saturated carbocycles. The van der Waals surface area contributed by atoms with Gasteiger partial charge >= 0.3 is 0 Å². The summed E-state index contributed by atoms with van der Waals surface area (Å²) in [7, 11) is 3.18. The maximum atomic E-state index is 13.1. The summed E-state index contributed by atoms with van der Waals surface area (Å²) in [5, 5.41) is 14.1. The van der Waals surface area contributed by atoms with Crippen molar-refractivity contribution < 1.29 is 24.1 Å². The van der Waals surface area contributed by atoms with Crippen molar-refractivity contribution >= 4 is 5.78 Å². The molecule has 0 amide bonds. The van der Waals surface area contributed by atoms with Crippen molar-refractivity contribution in [1.82, 2.24) is 5.32 Å². The number of Topliss-reactive ketones (excluding diaryl/α,β-unsaturated/α-hetero) is 1. The largest absolute Gasteiger partial charge is 0.493 e. The average Bonchev–Trinajstić information content (AvgIpc) is 3.12. The van der Waals surface area contributed by atoms with Crippen LogP contribution in [-0.2, 0) is 6.42 Å². The third-order valence-electron chi connectivity index (χ3n) is 6.22. The first kappa shape index (κ1) is 20.7. The number of aliphatic hydroxyl groups is 1. The molecule has 4 atom stereocenters. The van der Waals surface area contributed by atoms with Gasteiger partial charge in [-0.05, 0) is 55.5 Å². The first-order valence-corrected chi connectivity index (χ1v) is 10.5. The van der Waals surface area contributed by atoms with E-state index in [4.69, 9.17) is 14.2 Å². The molecule has 6 nitrogen and oxygen atoms in total. The van der Waals surface area contributed by atoms with E-state index in [1.165, 1.54) is 0 Å². The molecular weight excluding hydrogens is 382 g/mol. The van der Waals surface area contributed by atoms with Crippen molar-refractivity contribution in [2.75, 3.05) is 20.8 Å². The van der Waals surface area contributed by atoms with Crippen LogP contribution in [-0.4, -0.2) is 49.9 Å². The topological polar surface area (TPSA) is 77.0 Å². The highest BCUT2D eigenvalue weighted by Gasteiger charge is 2.37. The Morgan fingerprint density at radius 3 is 2.50 bits per heavy atom. The highest BCUT2D eigenvalue weighted by molar-refractivity contribution is 6.01. The number of carbonyl (C=O) groups is 1. The highest BCUT2D eigenvalue weighted by Crippen LogP contribution is 2.35. The van der Waals surface area contributed by atoms with Gasteiger partial charge in [0, 0.05) is 24.1 Å². The van der Waals surface area contributed by atoms with Crippen LogP contribution in [0.3, 0.4) is 0 Å². The smallest absolute Gasteiger partial charge is 0.167 e. The fraction of sp³-hybridized carbons (Fsp3) is 0.458. The van der Waals surface area contributed by atoms with Crippen LogP contribution in [0.25, 0.3) is 0 Å². The Bertz CT molecular complexity index is 885. The molecule has 0 aliphatic heterocycles. The minimum absolute atomic E-state index is 0.0710. The Morgan fingerprint density at radius 1 is 1.03 bits per heavy atom. The summed E-state index contributed by atoms with van der Waals surface area (Å²) in [5.41, 5.74) is 1.72. The summed E-state index contributed by atoms with van der Waals surface area (Å²) in [6.45, 7) is 0.548. The minimum atomic E-state index is -0.597. The lowest BCUT2D eigenvalue weighted by atomic mass is 9.82. The number of rotatable bonds is 7. The number of ketones is 1. The monoisotopic (exact) mass is 411 g/mol. The third-order valence-corrected chi connectivity index (χ3v) is 6.22. The number of hydrogen-bond acceptors (Lipinski definition) is 6. The molecule has 6 heteroatoms. The van der Waals surface area contributed by atoms with Gasteiger partial charge in [-0.2, -0.15) is 0 Å². The van der Waals surface area contributed by atoms with Crippen molar-refractivity contribution in [3.05, 3.63) is 53.6 Å². The molecule has 30 heavy (non-hydrogen) atoms. The molecule has 160 valence electrons. The average molecular weight is 411 g/mol. The lowest BCUT2D eigenvalue weighted by molar-refractivity contribution is 0.0441. The second kappa shape index (κ2) is 9.06. The van der Waals surface area contributed by atoms with E-state index in [9.17, 15) is 9.90 Å². The predicted molar refractivity (Wildman–Crippen MR) is 114 cm³/mol. The highest BCUT2D eigenvalue weighted by atomic mass is 16.5. The fourth-order valence-corrected chi connectivity index (χ4v) is 4.50. The molecule has 0 aromatic heterocycles. The SMILES string of the molecule is COc1cc2c(cc1OC)C(=O)C(CNC1CCC(Oc3ccccc3)C1O)CC2. The van der Waals surface area contributed by atoms with Gasteiger partial charge in [-0.3, -0.25) is 4.79 Å². The van der Waals surface area contributed by atoms with Gasteiger partial charge in [0.2, 0.25) is 0 Å². The number of aliphatic hydroxyl groups excluding tert-OH is 1. The van der Waals surface area contributed by atoms with Crippen LogP contribution >= 0.6 is 0 Å². The van der Waals surface area contributed by atoms with Gasteiger partial charge in [-0.1, -0.05) is 18.2 Å². The maximum Gasteiger partial charge on any atom is 0.167 e. The molecule has 2 aromatic carbocycles. The standard InChI is InChI=1S/C24H29NO5/c1-28-21-12-15-8-9-16(23(26)18(15)13-22(21)29-2)14-25-19-10-11-20(24(19)27)30-17-6-4-3-5-7-17/h3-7,12-13,16,19-20,24-25,27H,8-11,14H2,1-2H3. The molecular formula is C24H29NO5. The Morgan fingerprint density at radius 2 is 1.77 bits per heavy atom. The van der Waals surface area contributed by atoms with Gasteiger partial charge in [-0.25, -0.2) is 0 Å². The Labute approximate surface area is 177 Å². The van der Waals surface area contributed by atoms with Crippen molar-refractivity contribution in [2.24, 2.45) is 5.92 Å². The van der Waals surface area contributed by atoms with E-state index in [1.54, 1.807) is 20.3 Å². The van der Waals surface area contributed by atoms with E-state index < -0.39 is 6.10 Å². The zero-order valence-corrected chi connectivity index (χ0v) is 17.5. The van der Waals surface area contributed by atoms with Crippen LogP contribution in [0.15, 0.2) is 42.5 Å². The number of nitrogens with one attached hydrogen (secondary N) is 1. The van der Waals surface area contributed by atoms with Gasteiger partial charge in [0.05, 0.1) is 14.2 Å². The van der Waals surface area contributed by atoms with E-state index >= 15 is 0 Å². The molecule has 0 bridgehead atoms. The van der Waals surface area contributed by atoms with Crippen LogP contribution in [0.2, 0.25) is 0 Å². The summed E-state index contributed by atoms with van der Waals surface area (Å²) < 4.78 is 16.7. The van der Waals surface area contributed by atoms with Gasteiger partial charge in [0.1, 0.15) is 18.0 Å². The van der Waals surface area contributed by atoms with Crippen LogP contribution in [0.5, 0.6) is 17.2 Å². The fourth-order valence-electron chi connectivity index (χ4n) is 4.50. The maximum absolute atomic E-state index is 13.1. The summed E-state index contributed by atoms with van der Waals surface area (Å²) in [5.74, 6) is 2.00. The summed E-state index contributed by atoms with van der Waals surface area (Å²) in [6.07, 6.45) is 2.37. The number of para-hydroxylation sites is 1. The van der Waals surface area contributed by atoms with E-state index in [2.05, 4.69) is 5.32 Å². The predicted octanol–water partition coefficient (Wildman–Crippen LogP) is 3.01. The molecule has 1 fully saturated rings. The van der Waals surface area contributed by atoms with Crippen LogP contribution in [0, 0.1) is 5.92 Å². The van der Waals surface area contributed by atoms with Gasteiger partial charge < -0.3 is 24.6 Å². The first-order valence-electron chi connectivity index (χ1n) is 10.5. The number of carbonyl (C=O) groups excluding carboxylic acids is 1. The first-order chi connectivity index (χ1) is 14.6. The van der Waals surface area contributed by atoms with Crippen molar-refractivity contribution in [3.8, 4) is 17.2 Å². The molecule has 2 aromatic rings. The summed E-state index contributed by atoms with van der Waals surface area (Å²) in [4.78, 5) is 13.1. The minimum Gasteiger partial charge on any atom is -0.493 e. The second-order valence-electron chi connectivity index (χ2n) is 8.02. The zero-order valence-electron chi connectivity index (χ0n) is 17.5. The Kier molecular flexibility index (Phi) is 6.25. The Hall–Kier alpha value is -2.57. The number of hydrogen-bond donors (Lipinski definition) is 2. The molecule has 0 heterocycles. The van der Waals surface area contributed by atoms with E-state index in [-0.39, 0.29) is 23.8 Å². The third kappa shape index (κ3) is 4.16. The van der Waals surface area contributed by atoms with Crippen molar-refractivity contribution in [3.63, 3.8) is 0 Å². The molecule has 0 saturated heterocycles. The van der Waals surface area contributed by atoms with Crippen LogP contribution < -0.4 is 19.5 Å². The van der Waals surface area contributed by atoms with Crippen LogP contribution in [0.1, 0.15) is 35.2 Å². The number of methoxy groups -OCH3 is 2. The van der Waals surface area contributed by atoms with Crippen LogP contribution in [0.4, 0.5) is 0 Å². The molecule has 0 radical (unpaired) electrons.